The molecular weight excluding hydrogens is 410 g/mol. The number of thiophene rings is 1. The van der Waals surface area contributed by atoms with Gasteiger partial charge in [-0.15, -0.1) is 10.2 Å². The lowest BCUT2D eigenvalue weighted by molar-refractivity contribution is 0.0998. The Labute approximate surface area is 153 Å². The van der Waals surface area contributed by atoms with Crippen molar-refractivity contribution in [2.75, 3.05) is 5.32 Å². The van der Waals surface area contributed by atoms with E-state index in [4.69, 9.17) is 4.42 Å². The molecule has 1 aromatic carbocycles. The zero-order valence-corrected chi connectivity index (χ0v) is 15.6. The third kappa shape index (κ3) is 2.77. The smallest absolute Gasteiger partial charge is 0.293 e. The van der Waals surface area contributed by atoms with Gasteiger partial charge in [0.25, 0.3) is 5.91 Å². The highest BCUT2D eigenvalue weighted by molar-refractivity contribution is 9.10. The van der Waals surface area contributed by atoms with Crippen LogP contribution in [0.1, 0.15) is 16.1 Å². The van der Waals surface area contributed by atoms with Crippen molar-refractivity contribution in [2.45, 2.75) is 6.92 Å². The van der Waals surface area contributed by atoms with Gasteiger partial charge in [0.15, 0.2) is 5.76 Å². The number of carbonyl (C=O) groups is 1. The molecule has 0 aliphatic heterocycles. The van der Waals surface area contributed by atoms with Gasteiger partial charge in [-0.1, -0.05) is 27.3 Å². The van der Waals surface area contributed by atoms with Crippen LogP contribution in [0.5, 0.6) is 0 Å². The average molecular weight is 420 g/mol. The van der Waals surface area contributed by atoms with Crippen molar-refractivity contribution < 1.29 is 9.21 Å². The Kier molecular flexibility index (Phi) is 3.95. The van der Waals surface area contributed by atoms with E-state index in [1.54, 1.807) is 11.3 Å². The molecule has 3 heterocycles. The van der Waals surface area contributed by atoms with Crippen LogP contribution in [0.25, 0.3) is 21.5 Å². The zero-order valence-electron chi connectivity index (χ0n) is 12.4. The second-order valence-electron chi connectivity index (χ2n) is 5.08. The molecule has 0 unspecified atom stereocenters. The maximum atomic E-state index is 12.5. The SMILES string of the molecule is Cc1c(C(=O)Nc2nnc(-c3ccsc3)s2)oc2ccc(Br)cc12. The Bertz CT molecular complexity index is 1040. The molecule has 8 heteroatoms. The fourth-order valence-electron chi connectivity index (χ4n) is 2.34. The number of hydrogen-bond acceptors (Lipinski definition) is 6. The summed E-state index contributed by atoms with van der Waals surface area (Å²) >= 11 is 6.36. The molecule has 0 aliphatic carbocycles. The molecule has 5 nitrogen and oxygen atoms in total. The van der Waals surface area contributed by atoms with Gasteiger partial charge in [-0.25, -0.2) is 0 Å². The van der Waals surface area contributed by atoms with E-state index in [0.717, 1.165) is 26.0 Å². The molecular formula is C16H10BrN3O2S2. The third-order valence-corrected chi connectivity index (χ3v) is 5.58. The van der Waals surface area contributed by atoms with Crippen LogP contribution in [-0.4, -0.2) is 16.1 Å². The Balaban J connectivity index is 1.62. The summed E-state index contributed by atoms with van der Waals surface area (Å²) < 4.78 is 6.63. The number of rotatable bonds is 3. The molecule has 0 spiro atoms. The van der Waals surface area contributed by atoms with Crippen LogP contribution in [0.3, 0.4) is 0 Å². The van der Waals surface area contributed by atoms with Gasteiger partial charge in [-0.3, -0.25) is 10.1 Å². The number of nitrogens with zero attached hydrogens (tertiary/aromatic N) is 2. The van der Waals surface area contributed by atoms with Crippen LogP contribution in [0, 0.1) is 6.92 Å². The topological polar surface area (TPSA) is 68.0 Å². The molecule has 0 fully saturated rings. The van der Waals surface area contributed by atoms with Gasteiger partial charge >= 0.3 is 0 Å². The van der Waals surface area contributed by atoms with Gasteiger partial charge in [-0.2, -0.15) is 11.3 Å². The number of aryl methyl sites for hydroxylation is 1. The number of amides is 1. The summed E-state index contributed by atoms with van der Waals surface area (Å²) in [7, 11) is 0. The van der Waals surface area contributed by atoms with Crippen molar-refractivity contribution in [3.63, 3.8) is 0 Å². The Morgan fingerprint density at radius 2 is 2.17 bits per heavy atom. The minimum atomic E-state index is -0.326. The van der Waals surface area contributed by atoms with Crippen molar-refractivity contribution in [1.82, 2.24) is 10.2 Å². The standard InChI is InChI=1S/C16H10BrN3O2S2/c1-8-11-6-10(17)2-3-12(11)22-13(8)14(21)18-16-20-19-15(24-16)9-4-5-23-7-9/h2-7H,1H3,(H,18,20,21). The Morgan fingerprint density at radius 3 is 2.96 bits per heavy atom. The number of hydrogen-bond donors (Lipinski definition) is 1. The van der Waals surface area contributed by atoms with E-state index in [2.05, 4.69) is 31.4 Å². The summed E-state index contributed by atoms with van der Waals surface area (Å²) in [4.78, 5) is 12.5. The molecule has 4 rings (SSSR count). The second kappa shape index (κ2) is 6.12. The summed E-state index contributed by atoms with van der Waals surface area (Å²) in [6.07, 6.45) is 0. The number of benzene rings is 1. The van der Waals surface area contributed by atoms with Crippen LogP contribution >= 0.6 is 38.6 Å². The molecule has 0 saturated carbocycles. The molecule has 24 heavy (non-hydrogen) atoms. The van der Waals surface area contributed by atoms with E-state index in [-0.39, 0.29) is 11.7 Å². The zero-order chi connectivity index (χ0) is 16.7. The number of halogens is 1. The molecule has 3 aromatic heterocycles. The van der Waals surface area contributed by atoms with Crippen molar-refractivity contribution in [3.8, 4) is 10.6 Å². The Hall–Kier alpha value is -2.03. The maximum Gasteiger partial charge on any atom is 0.293 e. The fourth-order valence-corrected chi connectivity index (χ4v) is 4.15. The second-order valence-corrected chi connectivity index (χ2v) is 7.75. The first-order valence-electron chi connectivity index (χ1n) is 6.98. The van der Waals surface area contributed by atoms with Gasteiger partial charge in [0.2, 0.25) is 5.13 Å². The summed E-state index contributed by atoms with van der Waals surface area (Å²) in [5.74, 6) is -0.0387. The van der Waals surface area contributed by atoms with Crippen LogP contribution < -0.4 is 5.32 Å². The first kappa shape index (κ1) is 15.5. The normalized spacial score (nSPS) is 11.1. The summed E-state index contributed by atoms with van der Waals surface area (Å²) in [5, 5.41) is 17.0. The first-order valence-corrected chi connectivity index (χ1v) is 9.53. The molecule has 1 amide bonds. The first-order chi connectivity index (χ1) is 11.6. The quantitative estimate of drug-likeness (QED) is 0.486. The van der Waals surface area contributed by atoms with Crippen LogP contribution in [0.2, 0.25) is 0 Å². The third-order valence-electron chi connectivity index (χ3n) is 3.52. The van der Waals surface area contributed by atoms with Gasteiger partial charge < -0.3 is 4.42 Å². The lowest BCUT2D eigenvalue weighted by Gasteiger charge is -1.98. The summed E-state index contributed by atoms with van der Waals surface area (Å²) in [6, 6.07) is 7.62. The predicted octanol–water partition coefficient (Wildman–Crippen LogP) is 5.34. The van der Waals surface area contributed by atoms with Gasteiger partial charge in [0.1, 0.15) is 10.6 Å². The van der Waals surface area contributed by atoms with E-state index < -0.39 is 0 Å². The van der Waals surface area contributed by atoms with Crippen LogP contribution in [0.4, 0.5) is 5.13 Å². The molecule has 0 atom stereocenters. The molecule has 4 aromatic rings. The maximum absolute atomic E-state index is 12.5. The number of carbonyl (C=O) groups excluding carboxylic acids is 1. The molecule has 0 aliphatic rings. The van der Waals surface area contributed by atoms with E-state index in [1.807, 2.05) is 41.9 Å². The van der Waals surface area contributed by atoms with Gasteiger partial charge in [-0.05, 0) is 36.6 Å². The largest absolute Gasteiger partial charge is 0.451 e. The molecule has 0 radical (unpaired) electrons. The van der Waals surface area contributed by atoms with Crippen molar-refractivity contribution in [3.05, 3.63) is 50.8 Å². The minimum Gasteiger partial charge on any atom is -0.451 e. The van der Waals surface area contributed by atoms with Crippen molar-refractivity contribution >= 4 is 60.6 Å². The number of fused-ring (bicyclic) bond motifs is 1. The fraction of sp³-hybridized carbons (Fsp3) is 0.0625. The van der Waals surface area contributed by atoms with Gasteiger partial charge in [0, 0.05) is 26.4 Å². The van der Waals surface area contributed by atoms with E-state index in [9.17, 15) is 4.79 Å². The van der Waals surface area contributed by atoms with Crippen molar-refractivity contribution in [2.24, 2.45) is 0 Å². The molecule has 1 N–H and O–H groups in total. The summed E-state index contributed by atoms with van der Waals surface area (Å²) in [6.45, 7) is 1.87. The average Bonchev–Trinajstić information content (AvgIpc) is 3.28. The highest BCUT2D eigenvalue weighted by Crippen LogP contribution is 2.30. The summed E-state index contributed by atoms with van der Waals surface area (Å²) in [5.41, 5.74) is 2.48. The monoisotopic (exact) mass is 419 g/mol. The van der Waals surface area contributed by atoms with E-state index >= 15 is 0 Å². The molecule has 0 saturated heterocycles. The van der Waals surface area contributed by atoms with E-state index in [1.165, 1.54) is 11.3 Å². The lowest BCUT2D eigenvalue weighted by Crippen LogP contribution is -2.11. The number of aromatic nitrogens is 2. The highest BCUT2D eigenvalue weighted by Gasteiger charge is 2.19. The highest BCUT2D eigenvalue weighted by atomic mass is 79.9. The number of anilines is 1. The number of nitrogens with one attached hydrogen (secondary N) is 1. The molecule has 120 valence electrons. The van der Waals surface area contributed by atoms with Gasteiger partial charge in [0.05, 0.1) is 0 Å². The minimum absolute atomic E-state index is 0.287. The van der Waals surface area contributed by atoms with E-state index in [0.29, 0.717) is 10.7 Å². The van der Waals surface area contributed by atoms with Crippen LogP contribution in [-0.2, 0) is 0 Å². The molecule has 0 bridgehead atoms. The number of furan rings is 1. The predicted molar refractivity (Wildman–Crippen MR) is 99.8 cm³/mol. The lowest BCUT2D eigenvalue weighted by atomic mass is 10.1. The van der Waals surface area contributed by atoms with Crippen molar-refractivity contribution in [1.29, 1.82) is 0 Å². The van der Waals surface area contributed by atoms with Crippen LogP contribution in [0.15, 0.2) is 43.9 Å². The Morgan fingerprint density at radius 1 is 1.29 bits per heavy atom.